The summed E-state index contributed by atoms with van der Waals surface area (Å²) in [6.45, 7) is 1.80. The SMILES string of the molecule is CCOC(=O)C1=[N+]([O-])OC(F)C1C1CCCCC1. The highest BCUT2D eigenvalue weighted by Gasteiger charge is 2.49. The molecule has 0 spiro atoms. The molecule has 0 N–H and O–H groups in total. The number of ether oxygens (including phenoxy) is 1. The molecular formula is C12H18FNO4. The van der Waals surface area contributed by atoms with E-state index in [9.17, 15) is 14.4 Å². The molecule has 0 aromatic carbocycles. The topological polar surface area (TPSA) is 61.6 Å². The standard InChI is InChI=1S/C12H18FNO4/c1-2-17-12(15)10-9(11(13)18-14(10)16)8-6-4-3-5-7-8/h8-9,11H,2-7H2,1H3. The smallest absolute Gasteiger partial charge is 0.405 e. The Bertz CT molecular complexity index is 352. The van der Waals surface area contributed by atoms with E-state index >= 15 is 0 Å². The fourth-order valence-corrected chi connectivity index (χ4v) is 2.81. The summed E-state index contributed by atoms with van der Waals surface area (Å²) in [7, 11) is 0. The Kier molecular flexibility index (Phi) is 4.04. The average Bonchev–Trinajstić information content (AvgIpc) is 2.65. The van der Waals surface area contributed by atoms with Crippen LogP contribution < -0.4 is 0 Å². The quantitative estimate of drug-likeness (QED) is 0.574. The molecule has 0 saturated heterocycles. The fourth-order valence-electron chi connectivity index (χ4n) is 2.81. The second kappa shape index (κ2) is 5.54. The molecule has 0 aromatic heterocycles. The summed E-state index contributed by atoms with van der Waals surface area (Å²) in [5, 5.41) is 11.5. The highest BCUT2D eigenvalue weighted by Crippen LogP contribution is 2.36. The molecule has 0 bridgehead atoms. The summed E-state index contributed by atoms with van der Waals surface area (Å²) < 4.78 is 18.6. The minimum absolute atomic E-state index is 0.00192. The van der Waals surface area contributed by atoms with Crippen LogP contribution in [0.15, 0.2) is 0 Å². The van der Waals surface area contributed by atoms with Crippen LogP contribution in [0.25, 0.3) is 0 Å². The number of hydrogen-bond donors (Lipinski definition) is 0. The first kappa shape index (κ1) is 13.1. The zero-order valence-electron chi connectivity index (χ0n) is 10.4. The van der Waals surface area contributed by atoms with Gasteiger partial charge in [0, 0.05) is 0 Å². The van der Waals surface area contributed by atoms with Crippen LogP contribution >= 0.6 is 0 Å². The molecule has 2 aliphatic rings. The molecule has 6 heteroatoms. The number of hydrogen-bond acceptors (Lipinski definition) is 4. The Morgan fingerprint density at radius 2 is 2.17 bits per heavy atom. The van der Waals surface area contributed by atoms with E-state index in [2.05, 4.69) is 4.84 Å². The molecule has 1 heterocycles. The van der Waals surface area contributed by atoms with Crippen LogP contribution in [0.1, 0.15) is 39.0 Å². The molecule has 0 radical (unpaired) electrons. The van der Waals surface area contributed by atoms with Crippen molar-refractivity contribution < 1.29 is 23.7 Å². The monoisotopic (exact) mass is 259 g/mol. The molecule has 1 saturated carbocycles. The van der Waals surface area contributed by atoms with Gasteiger partial charge in [0.05, 0.1) is 11.5 Å². The maximum Gasteiger partial charge on any atom is 0.405 e. The number of rotatable bonds is 3. The molecule has 1 aliphatic carbocycles. The van der Waals surface area contributed by atoms with Crippen molar-refractivity contribution in [3.8, 4) is 0 Å². The van der Waals surface area contributed by atoms with Gasteiger partial charge in [-0.15, -0.1) is 0 Å². The third-order valence-corrected chi connectivity index (χ3v) is 3.63. The number of carbonyl (C=O) groups is 1. The predicted molar refractivity (Wildman–Crippen MR) is 61.3 cm³/mol. The van der Waals surface area contributed by atoms with Crippen LogP contribution in [-0.4, -0.2) is 29.5 Å². The average molecular weight is 259 g/mol. The predicted octanol–water partition coefficient (Wildman–Crippen LogP) is 1.94. The van der Waals surface area contributed by atoms with Crippen molar-refractivity contribution in [1.29, 1.82) is 0 Å². The van der Waals surface area contributed by atoms with E-state index < -0.39 is 18.2 Å². The van der Waals surface area contributed by atoms with E-state index in [4.69, 9.17) is 4.74 Å². The molecule has 0 amide bonds. The minimum atomic E-state index is -1.73. The number of alkyl halides is 1. The number of esters is 1. The normalized spacial score (nSPS) is 29.2. The molecule has 5 nitrogen and oxygen atoms in total. The van der Waals surface area contributed by atoms with Gasteiger partial charge >= 0.3 is 11.7 Å². The summed E-state index contributed by atoms with van der Waals surface area (Å²) in [5.74, 6) is -1.54. The molecule has 1 fully saturated rings. The number of nitrogens with zero attached hydrogens (tertiary/aromatic N) is 1. The summed E-state index contributed by atoms with van der Waals surface area (Å²) in [4.78, 5) is 16.2. The zero-order chi connectivity index (χ0) is 13.1. The van der Waals surface area contributed by atoms with Crippen LogP contribution in [0.3, 0.4) is 0 Å². The number of carbonyl (C=O) groups excluding carboxylic acids is 1. The molecule has 1 aliphatic heterocycles. The summed E-state index contributed by atoms with van der Waals surface area (Å²) in [6.07, 6.45) is 3.05. The van der Waals surface area contributed by atoms with Crippen LogP contribution in [0, 0.1) is 17.0 Å². The number of halogens is 1. The summed E-state index contributed by atoms with van der Waals surface area (Å²) in [6, 6.07) is 0. The molecule has 102 valence electrons. The first-order valence-electron chi connectivity index (χ1n) is 6.47. The van der Waals surface area contributed by atoms with Crippen molar-refractivity contribution in [3.63, 3.8) is 0 Å². The van der Waals surface area contributed by atoms with Crippen LogP contribution in [0.2, 0.25) is 0 Å². The Hall–Kier alpha value is -1.33. The van der Waals surface area contributed by atoms with Crippen LogP contribution in [0.5, 0.6) is 0 Å². The van der Waals surface area contributed by atoms with Crippen molar-refractivity contribution >= 4 is 11.7 Å². The third-order valence-electron chi connectivity index (χ3n) is 3.63. The highest BCUT2D eigenvalue weighted by atomic mass is 19.1. The van der Waals surface area contributed by atoms with Crippen molar-refractivity contribution in [1.82, 2.24) is 0 Å². The van der Waals surface area contributed by atoms with Crippen molar-refractivity contribution in [3.05, 3.63) is 5.21 Å². The molecule has 2 unspecified atom stereocenters. The van der Waals surface area contributed by atoms with Crippen molar-refractivity contribution in [2.24, 2.45) is 11.8 Å². The molecule has 2 atom stereocenters. The fraction of sp³-hybridized carbons (Fsp3) is 0.833. The van der Waals surface area contributed by atoms with Gasteiger partial charge in [-0.05, 0) is 25.7 Å². The molecule has 18 heavy (non-hydrogen) atoms. The van der Waals surface area contributed by atoms with Crippen LogP contribution in [0.4, 0.5) is 4.39 Å². The lowest BCUT2D eigenvalue weighted by Gasteiger charge is -2.26. The lowest BCUT2D eigenvalue weighted by Crippen LogP contribution is -2.36. The van der Waals surface area contributed by atoms with E-state index in [1.54, 1.807) is 6.92 Å². The molecular weight excluding hydrogens is 241 g/mol. The van der Waals surface area contributed by atoms with Gasteiger partial charge in [-0.3, -0.25) is 5.21 Å². The zero-order valence-corrected chi connectivity index (χ0v) is 10.4. The van der Waals surface area contributed by atoms with Crippen LogP contribution in [-0.2, 0) is 14.4 Å². The van der Waals surface area contributed by atoms with E-state index in [1.165, 1.54) is 0 Å². The van der Waals surface area contributed by atoms with Gasteiger partial charge in [-0.2, -0.15) is 0 Å². The van der Waals surface area contributed by atoms with E-state index in [1.807, 2.05) is 0 Å². The maximum atomic E-state index is 13.8. The van der Waals surface area contributed by atoms with Gasteiger partial charge in [-0.25, -0.2) is 9.18 Å². The summed E-state index contributed by atoms with van der Waals surface area (Å²) in [5.41, 5.74) is -0.212. The lowest BCUT2D eigenvalue weighted by molar-refractivity contribution is -0.747. The maximum absolute atomic E-state index is 13.8. The van der Waals surface area contributed by atoms with Gasteiger partial charge in [0.2, 0.25) is 6.36 Å². The van der Waals surface area contributed by atoms with E-state index in [0.717, 1.165) is 32.1 Å². The minimum Gasteiger partial charge on any atom is -0.458 e. The van der Waals surface area contributed by atoms with Gasteiger partial charge in [0.25, 0.3) is 0 Å². The Morgan fingerprint density at radius 3 is 2.78 bits per heavy atom. The lowest BCUT2D eigenvalue weighted by atomic mass is 9.78. The largest absolute Gasteiger partial charge is 0.458 e. The highest BCUT2D eigenvalue weighted by molar-refractivity contribution is 6.35. The van der Waals surface area contributed by atoms with E-state index in [-0.39, 0.29) is 23.1 Å². The summed E-state index contributed by atoms with van der Waals surface area (Å²) >= 11 is 0. The molecule has 0 aromatic rings. The van der Waals surface area contributed by atoms with Crippen molar-refractivity contribution in [2.45, 2.75) is 45.4 Å². The van der Waals surface area contributed by atoms with Gasteiger partial charge < -0.3 is 9.57 Å². The van der Waals surface area contributed by atoms with Crippen molar-refractivity contribution in [2.75, 3.05) is 6.61 Å². The first-order chi connectivity index (χ1) is 8.65. The second-order valence-electron chi connectivity index (χ2n) is 4.74. The second-order valence-corrected chi connectivity index (χ2v) is 4.74. The first-order valence-corrected chi connectivity index (χ1v) is 6.47. The Labute approximate surface area is 105 Å². The van der Waals surface area contributed by atoms with E-state index in [0.29, 0.717) is 0 Å². The molecule has 2 rings (SSSR count). The Balaban J connectivity index is 2.17. The van der Waals surface area contributed by atoms with Gasteiger partial charge in [0.1, 0.15) is 5.92 Å². The third kappa shape index (κ3) is 2.42. The Morgan fingerprint density at radius 1 is 1.50 bits per heavy atom. The van der Waals surface area contributed by atoms with Gasteiger partial charge in [0.15, 0.2) is 0 Å². The van der Waals surface area contributed by atoms with Gasteiger partial charge in [-0.1, -0.05) is 19.3 Å².